The van der Waals surface area contributed by atoms with Gasteiger partial charge in [-0.25, -0.2) is 9.37 Å². The SMILES string of the molecule is CC(C)c1cc(F)cc(F)n1. The fourth-order valence-corrected chi connectivity index (χ4v) is 0.780. The molecule has 0 aliphatic rings. The summed E-state index contributed by atoms with van der Waals surface area (Å²) in [5.74, 6) is -1.27. The van der Waals surface area contributed by atoms with Crippen molar-refractivity contribution in [1.82, 2.24) is 4.98 Å². The van der Waals surface area contributed by atoms with Crippen LogP contribution >= 0.6 is 0 Å². The first-order valence-electron chi connectivity index (χ1n) is 3.42. The number of hydrogen-bond donors (Lipinski definition) is 0. The Morgan fingerprint density at radius 1 is 1.27 bits per heavy atom. The average Bonchev–Trinajstić information content (AvgIpc) is 1.85. The van der Waals surface area contributed by atoms with Crippen LogP contribution in [-0.4, -0.2) is 4.98 Å². The summed E-state index contributed by atoms with van der Waals surface area (Å²) < 4.78 is 24.9. The molecule has 3 heteroatoms. The van der Waals surface area contributed by atoms with E-state index in [0.717, 1.165) is 6.07 Å². The molecular weight excluding hydrogens is 148 g/mol. The minimum atomic E-state index is -0.756. The van der Waals surface area contributed by atoms with Crippen LogP contribution in [0.25, 0.3) is 0 Å². The Morgan fingerprint density at radius 3 is 2.36 bits per heavy atom. The molecule has 0 amide bonds. The lowest BCUT2D eigenvalue weighted by Crippen LogP contribution is -1.96. The molecule has 0 saturated heterocycles. The topological polar surface area (TPSA) is 12.9 Å². The zero-order chi connectivity index (χ0) is 8.43. The lowest BCUT2D eigenvalue weighted by molar-refractivity contribution is 0.539. The third-order valence-electron chi connectivity index (χ3n) is 1.37. The van der Waals surface area contributed by atoms with E-state index in [-0.39, 0.29) is 5.92 Å². The van der Waals surface area contributed by atoms with Gasteiger partial charge in [0.05, 0.1) is 0 Å². The van der Waals surface area contributed by atoms with Gasteiger partial charge in [0, 0.05) is 11.8 Å². The van der Waals surface area contributed by atoms with Gasteiger partial charge >= 0.3 is 0 Å². The molecule has 0 radical (unpaired) electrons. The van der Waals surface area contributed by atoms with Crippen molar-refractivity contribution < 1.29 is 8.78 Å². The standard InChI is InChI=1S/C8H9F2N/c1-5(2)7-3-6(9)4-8(10)11-7/h3-5H,1-2H3. The van der Waals surface area contributed by atoms with Crippen LogP contribution in [0.2, 0.25) is 0 Å². The number of rotatable bonds is 1. The summed E-state index contributed by atoms with van der Waals surface area (Å²) >= 11 is 0. The highest BCUT2D eigenvalue weighted by Gasteiger charge is 2.04. The number of pyridine rings is 1. The van der Waals surface area contributed by atoms with Crippen molar-refractivity contribution in [3.05, 3.63) is 29.6 Å². The maximum Gasteiger partial charge on any atom is 0.216 e. The molecule has 1 aromatic rings. The molecule has 0 atom stereocenters. The van der Waals surface area contributed by atoms with Crippen molar-refractivity contribution in [1.29, 1.82) is 0 Å². The molecule has 1 nitrogen and oxygen atoms in total. The van der Waals surface area contributed by atoms with E-state index in [9.17, 15) is 8.78 Å². The Kier molecular flexibility index (Phi) is 2.17. The van der Waals surface area contributed by atoms with E-state index in [0.29, 0.717) is 5.69 Å². The second-order valence-electron chi connectivity index (χ2n) is 2.69. The van der Waals surface area contributed by atoms with Gasteiger partial charge < -0.3 is 0 Å². The number of aromatic nitrogens is 1. The molecule has 1 heterocycles. The maximum absolute atomic E-state index is 12.5. The summed E-state index contributed by atoms with van der Waals surface area (Å²) in [5.41, 5.74) is 0.447. The predicted molar refractivity (Wildman–Crippen MR) is 38.2 cm³/mol. The van der Waals surface area contributed by atoms with Crippen LogP contribution in [0.4, 0.5) is 8.78 Å². The van der Waals surface area contributed by atoms with Crippen molar-refractivity contribution in [2.45, 2.75) is 19.8 Å². The van der Waals surface area contributed by atoms with Crippen LogP contribution in [0.1, 0.15) is 25.5 Å². The predicted octanol–water partition coefficient (Wildman–Crippen LogP) is 2.48. The van der Waals surface area contributed by atoms with Gasteiger partial charge in [-0.3, -0.25) is 0 Å². The summed E-state index contributed by atoms with van der Waals surface area (Å²) in [6.07, 6.45) is 0. The van der Waals surface area contributed by atoms with Gasteiger partial charge in [-0.2, -0.15) is 4.39 Å². The van der Waals surface area contributed by atoms with Crippen LogP contribution in [0, 0.1) is 11.8 Å². The highest BCUT2D eigenvalue weighted by Crippen LogP contribution is 2.12. The molecular formula is C8H9F2N. The monoisotopic (exact) mass is 157 g/mol. The summed E-state index contributed by atoms with van der Waals surface area (Å²) in [4.78, 5) is 3.53. The molecule has 1 aromatic heterocycles. The Hall–Kier alpha value is -0.990. The molecule has 0 aromatic carbocycles. The third kappa shape index (κ3) is 1.97. The molecule has 0 unspecified atom stereocenters. The smallest absolute Gasteiger partial charge is 0.216 e. The summed E-state index contributed by atoms with van der Waals surface area (Å²) in [6.45, 7) is 3.67. The second kappa shape index (κ2) is 2.95. The Labute approximate surface area is 64.1 Å². The van der Waals surface area contributed by atoms with E-state index in [1.165, 1.54) is 6.07 Å². The summed E-state index contributed by atoms with van der Waals surface area (Å²) in [7, 11) is 0. The van der Waals surface area contributed by atoms with Crippen molar-refractivity contribution in [2.24, 2.45) is 0 Å². The molecule has 1 rings (SSSR count). The van der Waals surface area contributed by atoms with Gasteiger partial charge in [-0.15, -0.1) is 0 Å². The number of hydrogen-bond acceptors (Lipinski definition) is 1. The highest BCUT2D eigenvalue weighted by atomic mass is 19.1. The van der Waals surface area contributed by atoms with Gasteiger partial charge in [-0.05, 0) is 12.0 Å². The van der Waals surface area contributed by atoms with Crippen LogP contribution in [0.3, 0.4) is 0 Å². The van der Waals surface area contributed by atoms with E-state index < -0.39 is 11.8 Å². The Morgan fingerprint density at radius 2 is 1.91 bits per heavy atom. The molecule has 0 N–H and O–H groups in total. The van der Waals surface area contributed by atoms with Crippen molar-refractivity contribution in [3.63, 3.8) is 0 Å². The lowest BCUT2D eigenvalue weighted by Gasteiger charge is -2.02. The van der Waals surface area contributed by atoms with Gasteiger partial charge in [0.1, 0.15) is 5.82 Å². The minimum absolute atomic E-state index is 0.0557. The minimum Gasteiger partial charge on any atom is -0.224 e. The number of halogens is 2. The van der Waals surface area contributed by atoms with Crippen molar-refractivity contribution in [2.75, 3.05) is 0 Å². The van der Waals surface area contributed by atoms with Gasteiger partial charge in [0.15, 0.2) is 0 Å². The molecule has 0 bridgehead atoms. The molecule has 0 fully saturated rings. The fraction of sp³-hybridized carbons (Fsp3) is 0.375. The van der Waals surface area contributed by atoms with E-state index in [1.807, 2.05) is 13.8 Å². The third-order valence-corrected chi connectivity index (χ3v) is 1.37. The first-order chi connectivity index (χ1) is 5.09. The molecule has 0 saturated carbocycles. The van der Waals surface area contributed by atoms with E-state index >= 15 is 0 Å². The van der Waals surface area contributed by atoms with E-state index in [4.69, 9.17) is 0 Å². The van der Waals surface area contributed by atoms with Crippen LogP contribution in [0.5, 0.6) is 0 Å². The average molecular weight is 157 g/mol. The molecule has 0 aliphatic heterocycles. The second-order valence-corrected chi connectivity index (χ2v) is 2.69. The van der Waals surface area contributed by atoms with Gasteiger partial charge in [0.2, 0.25) is 5.95 Å². The maximum atomic E-state index is 12.5. The fourth-order valence-electron chi connectivity index (χ4n) is 0.780. The molecule has 60 valence electrons. The molecule has 11 heavy (non-hydrogen) atoms. The largest absolute Gasteiger partial charge is 0.224 e. The van der Waals surface area contributed by atoms with E-state index in [2.05, 4.69) is 4.98 Å². The summed E-state index contributed by atoms with van der Waals surface area (Å²) in [5, 5.41) is 0. The lowest BCUT2D eigenvalue weighted by atomic mass is 10.1. The zero-order valence-electron chi connectivity index (χ0n) is 6.44. The zero-order valence-corrected chi connectivity index (χ0v) is 6.44. The quantitative estimate of drug-likeness (QED) is 0.570. The first kappa shape index (κ1) is 8.11. The first-order valence-corrected chi connectivity index (χ1v) is 3.42. The van der Waals surface area contributed by atoms with Gasteiger partial charge in [-0.1, -0.05) is 13.8 Å². The van der Waals surface area contributed by atoms with E-state index in [1.54, 1.807) is 0 Å². The molecule has 0 aliphatic carbocycles. The normalized spacial score (nSPS) is 10.6. The summed E-state index contributed by atoms with van der Waals surface area (Å²) in [6, 6.07) is 2.01. The highest BCUT2D eigenvalue weighted by molar-refractivity contribution is 5.10. The number of nitrogens with zero attached hydrogens (tertiary/aromatic N) is 1. The Balaban J connectivity index is 3.08. The van der Waals surface area contributed by atoms with Crippen molar-refractivity contribution >= 4 is 0 Å². The van der Waals surface area contributed by atoms with Crippen LogP contribution in [-0.2, 0) is 0 Å². The van der Waals surface area contributed by atoms with Gasteiger partial charge in [0.25, 0.3) is 0 Å². The Bertz CT molecular complexity index is 238. The van der Waals surface area contributed by atoms with Crippen LogP contribution in [0.15, 0.2) is 12.1 Å². The molecule has 0 spiro atoms. The van der Waals surface area contributed by atoms with Crippen molar-refractivity contribution in [3.8, 4) is 0 Å². The van der Waals surface area contributed by atoms with Crippen LogP contribution < -0.4 is 0 Å².